The van der Waals surface area contributed by atoms with Gasteiger partial charge in [0.05, 0.1) is 5.56 Å². The van der Waals surface area contributed by atoms with Crippen molar-refractivity contribution in [1.82, 2.24) is 19.6 Å². The van der Waals surface area contributed by atoms with Crippen LogP contribution in [0.15, 0.2) is 24.7 Å². The first kappa shape index (κ1) is 17.2. The van der Waals surface area contributed by atoms with Gasteiger partial charge in [0.1, 0.15) is 29.6 Å². The Balaban J connectivity index is 2.24. The Morgan fingerprint density at radius 3 is 2.32 bits per heavy atom. The normalized spacial score (nSPS) is 13.2. The molecule has 3 rings (SSSR count). The van der Waals surface area contributed by atoms with Crippen molar-refractivity contribution in [1.29, 1.82) is 0 Å². The Kier molecular flexibility index (Phi) is 4.14. The summed E-state index contributed by atoms with van der Waals surface area (Å²) in [6, 6.07) is 1.22. The van der Waals surface area contributed by atoms with Crippen molar-refractivity contribution in [3.63, 3.8) is 0 Å². The predicted molar refractivity (Wildman–Crippen MR) is 88.6 cm³/mol. The molecule has 0 amide bonds. The van der Waals surface area contributed by atoms with Crippen molar-refractivity contribution in [2.24, 2.45) is 5.41 Å². The first-order chi connectivity index (χ1) is 11.7. The van der Waals surface area contributed by atoms with Crippen molar-refractivity contribution in [3.8, 4) is 11.1 Å². The van der Waals surface area contributed by atoms with Gasteiger partial charge in [-0.3, -0.25) is 0 Å². The Morgan fingerprint density at radius 2 is 1.72 bits per heavy atom. The van der Waals surface area contributed by atoms with E-state index in [1.807, 2.05) is 27.7 Å². The summed E-state index contributed by atoms with van der Waals surface area (Å²) in [6.45, 7) is 8.04. The highest BCUT2D eigenvalue weighted by Gasteiger charge is 2.25. The van der Waals surface area contributed by atoms with Crippen LogP contribution in [0.5, 0.6) is 0 Å². The second kappa shape index (κ2) is 6.02. The first-order valence-electron chi connectivity index (χ1n) is 7.78. The molecule has 1 aromatic carbocycles. The molecule has 0 saturated heterocycles. The molecule has 0 radical (unpaired) electrons. The maximum Gasteiger partial charge on any atom is 0.254 e. The van der Waals surface area contributed by atoms with Crippen LogP contribution < -0.4 is 5.32 Å². The van der Waals surface area contributed by atoms with Crippen LogP contribution in [0.3, 0.4) is 0 Å². The van der Waals surface area contributed by atoms with Crippen LogP contribution in [0.4, 0.5) is 19.0 Å². The van der Waals surface area contributed by atoms with Crippen LogP contribution in [-0.2, 0) is 0 Å². The second-order valence-electron chi connectivity index (χ2n) is 6.97. The third-order valence-electron chi connectivity index (χ3n) is 4.23. The van der Waals surface area contributed by atoms with Crippen LogP contribution >= 0.6 is 0 Å². The van der Waals surface area contributed by atoms with E-state index in [-0.39, 0.29) is 28.4 Å². The molecular weight excluding hydrogens is 331 g/mol. The molecule has 3 aromatic rings. The van der Waals surface area contributed by atoms with E-state index in [1.165, 1.54) is 17.0 Å². The molecule has 0 fully saturated rings. The summed E-state index contributed by atoms with van der Waals surface area (Å²) in [6.07, 6.45) is 2.61. The molecule has 0 aliphatic rings. The van der Waals surface area contributed by atoms with E-state index in [0.717, 1.165) is 0 Å². The Hall–Kier alpha value is -2.64. The number of nitrogens with zero attached hydrogens (tertiary/aromatic N) is 4. The Labute approximate surface area is 142 Å². The van der Waals surface area contributed by atoms with E-state index < -0.39 is 17.5 Å². The Bertz CT molecular complexity index is 907. The molecule has 1 atom stereocenters. The molecule has 0 spiro atoms. The van der Waals surface area contributed by atoms with Gasteiger partial charge in [0.15, 0.2) is 0 Å². The molecule has 0 bridgehead atoms. The van der Waals surface area contributed by atoms with E-state index in [4.69, 9.17) is 0 Å². The standard InChI is InChI=1S/C17H18F3N5/c1-9(17(2,3)4)24-15-11(7-21-16-22-8-23-25(15)16)14-12(19)5-10(18)6-13(14)20/h5-9,24H,1-4H3. The van der Waals surface area contributed by atoms with Gasteiger partial charge in [-0.25, -0.2) is 18.2 Å². The minimum atomic E-state index is -1.01. The quantitative estimate of drug-likeness (QED) is 0.775. The lowest BCUT2D eigenvalue weighted by Gasteiger charge is -2.29. The third-order valence-corrected chi connectivity index (χ3v) is 4.23. The average Bonchev–Trinajstić information content (AvgIpc) is 2.95. The molecule has 1 unspecified atom stereocenters. The predicted octanol–water partition coefficient (Wildman–Crippen LogP) is 4.06. The van der Waals surface area contributed by atoms with Crippen molar-refractivity contribution in [2.45, 2.75) is 33.7 Å². The van der Waals surface area contributed by atoms with Crippen molar-refractivity contribution < 1.29 is 13.2 Å². The minimum Gasteiger partial charge on any atom is -0.366 e. The number of rotatable bonds is 3. The fraction of sp³-hybridized carbons (Fsp3) is 0.353. The fourth-order valence-electron chi connectivity index (χ4n) is 2.32. The maximum atomic E-state index is 14.3. The van der Waals surface area contributed by atoms with Crippen molar-refractivity contribution in [3.05, 3.63) is 42.1 Å². The summed E-state index contributed by atoms with van der Waals surface area (Å²) >= 11 is 0. The number of hydrogen-bond acceptors (Lipinski definition) is 4. The van der Waals surface area contributed by atoms with E-state index in [9.17, 15) is 13.2 Å². The third kappa shape index (κ3) is 3.16. The minimum absolute atomic E-state index is 0.0624. The first-order valence-corrected chi connectivity index (χ1v) is 7.78. The molecule has 0 aliphatic carbocycles. The average molecular weight is 349 g/mol. The number of anilines is 1. The zero-order valence-electron chi connectivity index (χ0n) is 14.3. The maximum absolute atomic E-state index is 14.3. The van der Waals surface area contributed by atoms with Gasteiger partial charge in [-0.1, -0.05) is 20.8 Å². The van der Waals surface area contributed by atoms with Crippen molar-refractivity contribution in [2.75, 3.05) is 5.32 Å². The Morgan fingerprint density at radius 1 is 1.08 bits per heavy atom. The topological polar surface area (TPSA) is 55.1 Å². The molecule has 0 aliphatic heterocycles. The zero-order valence-corrected chi connectivity index (χ0v) is 14.3. The molecule has 2 aromatic heterocycles. The number of hydrogen-bond donors (Lipinski definition) is 1. The van der Waals surface area contributed by atoms with Gasteiger partial charge in [-0.2, -0.15) is 14.6 Å². The molecule has 5 nitrogen and oxygen atoms in total. The lowest BCUT2D eigenvalue weighted by Crippen LogP contribution is -2.32. The summed E-state index contributed by atoms with van der Waals surface area (Å²) < 4.78 is 43.2. The monoisotopic (exact) mass is 349 g/mol. The van der Waals surface area contributed by atoms with Gasteiger partial charge in [0.2, 0.25) is 0 Å². The van der Waals surface area contributed by atoms with Crippen molar-refractivity contribution >= 4 is 11.6 Å². The van der Waals surface area contributed by atoms with Gasteiger partial charge < -0.3 is 5.32 Å². The van der Waals surface area contributed by atoms with E-state index >= 15 is 0 Å². The van der Waals surface area contributed by atoms with E-state index in [2.05, 4.69) is 20.4 Å². The van der Waals surface area contributed by atoms with Gasteiger partial charge in [0.25, 0.3) is 5.78 Å². The fourth-order valence-corrected chi connectivity index (χ4v) is 2.32. The molecule has 1 N–H and O–H groups in total. The lowest BCUT2D eigenvalue weighted by atomic mass is 9.88. The van der Waals surface area contributed by atoms with Gasteiger partial charge in [-0.05, 0) is 12.3 Å². The molecule has 132 valence electrons. The molecule has 8 heteroatoms. The number of benzene rings is 1. The molecule has 25 heavy (non-hydrogen) atoms. The van der Waals surface area contributed by atoms with Crippen LogP contribution in [0.25, 0.3) is 16.9 Å². The smallest absolute Gasteiger partial charge is 0.254 e. The zero-order chi connectivity index (χ0) is 18.4. The summed E-state index contributed by atoms with van der Waals surface area (Å²) in [7, 11) is 0. The molecule has 2 heterocycles. The van der Waals surface area contributed by atoms with Crippen LogP contribution in [0.1, 0.15) is 27.7 Å². The second-order valence-corrected chi connectivity index (χ2v) is 6.97. The molecule has 0 saturated carbocycles. The summed E-state index contributed by atoms with van der Waals surface area (Å²) in [5.41, 5.74) is -0.355. The summed E-state index contributed by atoms with van der Waals surface area (Å²) in [5.74, 6) is -2.37. The number of halogens is 3. The van der Waals surface area contributed by atoms with E-state index in [0.29, 0.717) is 18.0 Å². The highest BCUT2D eigenvalue weighted by atomic mass is 19.1. The largest absolute Gasteiger partial charge is 0.366 e. The van der Waals surface area contributed by atoms with Crippen LogP contribution in [0, 0.1) is 22.9 Å². The SMILES string of the molecule is CC(Nc1c(-c2c(F)cc(F)cc2F)cnc2ncnn12)C(C)(C)C. The van der Waals surface area contributed by atoms with Crippen LogP contribution in [0.2, 0.25) is 0 Å². The number of aromatic nitrogens is 4. The van der Waals surface area contributed by atoms with Crippen LogP contribution in [-0.4, -0.2) is 25.6 Å². The summed E-state index contributed by atoms with van der Waals surface area (Å²) in [5, 5.41) is 7.32. The van der Waals surface area contributed by atoms with Gasteiger partial charge >= 0.3 is 0 Å². The lowest BCUT2D eigenvalue weighted by molar-refractivity contribution is 0.358. The van der Waals surface area contributed by atoms with E-state index in [1.54, 1.807) is 0 Å². The highest BCUT2D eigenvalue weighted by Crippen LogP contribution is 2.34. The highest BCUT2D eigenvalue weighted by molar-refractivity contribution is 5.77. The number of nitrogens with one attached hydrogen (secondary N) is 1. The molecular formula is C17H18F3N5. The summed E-state index contributed by atoms with van der Waals surface area (Å²) in [4.78, 5) is 8.07. The number of fused-ring (bicyclic) bond motifs is 1. The van der Waals surface area contributed by atoms with Gasteiger partial charge in [0, 0.05) is 29.9 Å². The van der Waals surface area contributed by atoms with Gasteiger partial charge in [-0.15, -0.1) is 0 Å².